The molecular formula is C15H30N2O2. The van der Waals surface area contributed by atoms with Gasteiger partial charge in [-0.25, -0.2) is 0 Å². The molecule has 1 fully saturated rings. The first kappa shape index (κ1) is 16.4. The lowest BCUT2D eigenvalue weighted by atomic mass is 9.92. The molecule has 1 atom stereocenters. The van der Waals surface area contributed by atoms with Crippen LogP contribution in [0.1, 0.15) is 46.5 Å². The zero-order chi connectivity index (χ0) is 14.1. The molecule has 1 heterocycles. The van der Waals surface area contributed by atoms with Crippen LogP contribution in [0.3, 0.4) is 0 Å². The zero-order valence-corrected chi connectivity index (χ0v) is 12.8. The molecule has 1 amide bonds. The minimum Gasteiger partial charge on any atom is -0.379 e. The number of nitrogens with zero attached hydrogens (tertiary/aromatic N) is 1. The molecule has 19 heavy (non-hydrogen) atoms. The van der Waals surface area contributed by atoms with Gasteiger partial charge >= 0.3 is 0 Å². The van der Waals surface area contributed by atoms with Crippen LogP contribution in [0.2, 0.25) is 0 Å². The summed E-state index contributed by atoms with van der Waals surface area (Å²) in [6.07, 6.45) is 3.89. The fourth-order valence-corrected chi connectivity index (χ4v) is 2.87. The number of rotatable bonds is 8. The molecule has 112 valence electrons. The van der Waals surface area contributed by atoms with Crippen LogP contribution in [0.4, 0.5) is 0 Å². The maximum Gasteiger partial charge on any atom is 0.220 e. The molecule has 1 N–H and O–H groups in total. The van der Waals surface area contributed by atoms with Gasteiger partial charge in [0.1, 0.15) is 0 Å². The van der Waals surface area contributed by atoms with Crippen LogP contribution in [-0.2, 0) is 9.53 Å². The average molecular weight is 270 g/mol. The molecule has 4 nitrogen and oxygen atoms in total. The molecular weight excluding hydrogens is 240 g/mol. The molecule has 0 aliphatic carbocycles. The van der Waals surface area contributed by atoms with Crippen molar-refractivity contribution in [3.8, 4) is 0 Å². The third-order valence-electron chi connectivity index (χ3n) is 4.09. The first-order valence-corrected chi connectivity index (χ1v) is 7.81. The zero-order valence-electron chi connectivity index (χ0n) is 12.8. The van der Waals surface area contributed by atoms with E-state index in [2.05, 4.69) is 24.1 Å². The van der Waals surface area contributed by atoms with Gasteiger partial charge in [-0.3, -0.25) is 9.69 Å². The van der Waals surface area contributed by atoms with E-state index in [4.69, 9.17) is 4.74 Å². The summed E-state index contributed by atoms with van der Waals surface area (Å²) in [5.41, 5.74) is 0. The molecule has 1 saturated heterocycles. The Kier molecular flexibility index (Phi) is 8.07. The second-order valence-corrected chi connectivity index (χ2v) is 5.35. The summed E-state index contributed by atoms with van der Waals surface area (Å²) in [6, 6.07) is 0.458. The smallest absolute Gasteiger partial charge is 0.220 e. The van der Waals surface area contributed by atoms with Crippen LogP contribution >= 0.6 is 0 Å². The summed E-state index contributed by atoms with van der Waals surface area (Å²) < 4.78 is 5.43. The molecule has 1 aliphatic rings. The van der Waals surface area contributed by atoms with E-state index in [1.807, 2.05) is 6.92 Å². The maximum atomic E-state index is 11.7. The Bertz CT molecular complexity index is 249. The van der Waals surface area contributed by atoms with Crippen LogP contribution < -0.4 is 5.32 Å². The van der Waals surface area contributed by atoms with Gasteiger partial charge in [-0.1, -0.05) is 33.6 Å². The van der Waals surface area contributed by atoms with Gasteiger partial charge in [-0.05, 0) is 12.3 Å². The fourth-order valence-electron chi connectivity index (χ4n) is 2.87. The Morgan fingerprint density at radius 2 is 1.84 bits per heavy atom. The average Bonchev–Trinajstić information content (AvgIpc) is 2.44. The van der Waals surface area contributed by atoms with Gasteiger partial charge < -0.3 is 10.1 Å². The highest BCUT2D eigenvalue weighted by molar-refractivity contribution is 5.75. The molecule has 0 aromatic rings. The quantitative estimate of drug-likeness (QED) is 0.734. The molecule has 0 saturated carbocycles. The van der Waals surface area contributed by atoms with Gasteiger partial charge in [0.05, 0.1) is 13.2 Å². The van der Waals surface area contributed by atoms with Gasteiger partial charge in [0, 0.05) is 32.1 Å². The first-order valence-electron chi connectivity index (χ1n) is 7.81. The lowest BCUT2D eigenvalue weighted by Gasteiger charge is -2.38. The highest BCUT2D eigenvalue weighted by Crippen LogP contribution is 2.19. The lowest BCUT2D eigenvalue weighted by molar-refractivity contribution is -0.121. The summed E-state index contributed by atoms with van der Waals surface area (Å²) in [5, 5.41) is 3.11. The lowest BCUT2D eigenvalue weighted by Crippen LogP contribution is -2.52. The van der Waals surface area contributed by atoms with E-state index in [1.165, 1.54) is 12.8 Å². The molecule has 0 aromatic heterocycles. The topological polar surface area (TPSA) is 41.6 Å². The van der Waals surface area contributed by atoms with Crippen molar-refractivity contribution in [1.82, 2.24) is 10.2 Å². The second kappa shape index (κ2) is 9.32. The summed E-state index contributed by atoms with van der Waals surface area (Å²) in [6.45, 7) is 10.9. The third kappa shape index (κ3) is 5.49. The molecule has 0 spiro atoms. The van der Waals surface area contributed by atoms with E-state index < -0.39 is 0 Å². The predicted octanol–water partition coefficient (Wildman–Crippen LogP) is 2.04. The van der Waals surface area contributed by atoms with Gasteiger partial charge in [0.2, 0.25) is 5.91 Å². The number of ether oxygens (including phenoxy) is 1. The van der Waals surface area contributed by atoms with Crippen LogP contribution in [0.5, 0.6) is 0 Å². The molecule has 1 rings (SSSR count). The van der Waals surface area contributed by atoms with Crippen molar-refractivity contribution in [1.29, 1.82) is 0 Å². The van der Waals surface area contributed by atoms with E-state index in [-0.39, 0.29) is 5.91 Å². The third-order valence-corrected chi connectivity index (χ3v) is 4.09. The van der Waals surface area contributed by atoms with E-state index in [0.717, 1.165) is 39.3 Å². The van der Waals surface area contributed by atoms with Gasteiger partial charge in [0.25, 0.3) is 0 Å². The number of hydrogen-bond donors (Lipinski definition) is 1. The summed E-state index contributed by atoms with van der Waals surface area (Å²) >= 11 is 0. The Balaban J connectivity index is 2.55. The van der Waals surface area contributed by atoms with Gasteiger partial charge in [0.15, 0.2) is 0 Å². The standard InChI is InChI=1S/C15H30N2O2/c1-4-7-15(18)16-12-14(13(5-2)6-3)17-8-10-19-11-9-17/h13-14H,4-12H2,1-3H3,(H,16,18). The van der Waals surface area contributed by atoms with E-state index >= 15 is 0 Å². The van der Waals surface area contributed by atoms with Gasteiger partial charge in [-0.15, -0.1) is 0 Å². The minimum absolute atomic E-state index is 0.187. The first-order chi connectivity index (χ1) is 9.22. The van der Waals surface area contributed by atoms with Crippen molar-refractivity contribution in [3.05, 3.63) is 0 Å². The molecule has 4 heteroatoms. The number of nitrogens with one attached hydrogen (secondary N) is 1. The van der Waals surface area contributed by atoms with Crippen molar-refractivity contribution in [2.75, 3.05) is 32.8 Å². The number of morpholine rings is 1. The highest BCUT2D eigenvalue weighted by atomic mass is 16.5. The monoisotopic (exact) mass is 270 g/mol. The molecule has 1 unspecified atom stereocenters. The molecule has 0 aromatic carbocycles. The van der Waals surface area contributed by atoms with Crippen LogP contribution in [0, 0.1) is 5.92 Å². The maximum absolute atomic E-state index is 11.7. The number of carbonyl (C=O) groups excluding carboxylic acids is 1. The second-order valence-electron chi connectivity index (χ2n) is 5.35. The fraction of sp³-hybridized carbons (Fsp3) is 0.933. The van der Waals surface area contributed by atoms with Crippen LogP contribution in [0.15, 0.2) is 0 Å². The molecule has 0 bridgehead atoms. The van der Waals surface area contributed by atoms with Crippen LogP contribution in [-0.4, -0.2) is 49.7 Å². The molecule has 0 radical (unpaired) electrons. The summed E-state index contributed by atoms with van der Waals surface area (Å²) in [4.78, 5) is 14.2. The minimum atomic E-state index is 0.187. The SMILES string of the molecule is CCCC(=O)NCC(C(CC)CC)N1CCOCC1. The Morgan fingerprint density at radius 3 is 2.37 bits per heavy atom. The summed E-state index contributed by atoms with van der Waals surface area (Å²) in [5.74, 6) is 0.840. The number of carbonyl (C=O) groups is 1. The van der Waals surface area contributed by atoms with E-state index in [9.17, 15) is 4.79 Å². The van der Waals surface area contributed by atoms with Crippen molar-refractivity contribution in [3.63, 3.8) is 0 Å². The van der Waals surface area contributed by atoms with Crippen molar-refractivity contribution < 1.29 is 9.53 Å². The Labute approximate surface area is 117 Å². The highest BCUT2D eigenvalue weighted by Gasteiger charge is 2.27. The van der Waals surface area contributed by atoms with E-state index in [0.29, 0.717) is 18.4 Å². The number of hydrogen-bond acceptors (Lipinski definition) is 3. The normalized spacial score (nSPS) is 18.5. The summed E-state index contributed by atoms with van der Waals surface area (Å²) in [7, 11) is 0. The number of amides is 1. The van der Waals surface area contributed by atoms with Crippen LogP contribution in [0.25, 0.3) is 0 Å². The van der Waals surface area contributed by atoms with Crippen molar-refractivity contribution in [2.45, 2.75) is 52.5 Å². The molecule has 1 aliphatic heterocycles. The van der Waals surface area contributed by atoms with Crippen molar-refractivity contribution in [2.24, 2.45) is 5.92 Å². The Morgan fingerprint density at radius 1 is 1.21 bits per heavy atom. The Hall–Kier alpha value is -0.610. The van der Waals surface area contributed by atoms with E-state index in [1.54, 1.807) is 0 Å². The van der Waals surface area contributed by atoms with Crippen molar-refractivity contribution >= 4 is 5.91 Å². The largest absolute Gasteiger partial charge is 0.379 e. The predicted molar refractivity (Wildman–Crippen MR) is 78.2 cm³/mol. The van der Waals surface area contributed by atoms with Gasteiger partial charge in [-0.2, -0.15) is 0 Å².